The Morgan fingerprint density at radius 2 is 2.47 bits per heavy atom. The van der Waals surface area contributed by atoms with Gasteiger partial charge in [-0.1, -0.05) is 6.92 Å². The highest BCUT2D eigenvalue weighted by molar-refractivity contribution is 7.99. The topological polar surface area (TPSA) is 60.2 Å². The molecule has 1 aliphatic rings. The van der Waals surface area contributed by atoms with Crippen LogP contribution in [0.25, 0.3) is 0 Å². The lowest BCUT2D eigenvalue weighted by Crippen LogP contribution is -2.22. The third-order valence-electron chi connectivity index (χ3n) is 3.15. The monoisotopic (exact) mass is 273 g/mol. The average Bonchev–Trinajstić information content (AvgIpc) is 2.92. The third-order valence-corrected chi connectivity index (χ3v) is 4.92. The Kier molecular flexibility index (Phi) is 4.53. The fraction of sp³-hybridized carbons (Fsp3) is 0.727. The Morgan fingerprint density at radius 3 is 3.18 bits per heavy atom. The van der Waals surface area contributed by atoms with Crippen LogP contribution in [0.5, 0.6) is 0 Å². The number of hydrogen-bond acceptors (Lipinski definition) is 6. The molecule has 1 aromatic heterocycles. The standard InChI is InChI=1S/C11H19N3OS2/c1-3-8-7(4-5-15-8)6-13-11-9(16-2)10(12)14-17-11/h7-8,13H,3-6H2,1-2H3,(H2,12,14). The van der Waals surface area contributed by atoms with E-state index in [-0.39, 0.29) is 0 Å². The Morgan fingerprint density at radius 1 is 1.65 bits per heavy atom. The van der Waals surface area contributed by atoms with E-state index in [1.54, 1.807) is 11.8 Å². The second-order valence-corrected chi connectivity index (χ2v) is 5.77. The van der Waals surface area contributed by atoms with Crippen molar-refractivity contribution in [3.05, 3.63) is 0 Å². The van der Waals surface area contributed by atoms with Gasteiger partial charge in [-0.2, -0.15) is 4.37 Å². The summed E-state index contributed by atoms with van der Waals surface area (Å²) < 4.78 is 9.86. The van der Waals surface area contributed by atoms with Crippen molar-refractivity contribution in [3.8, 4) is 0 Å². The zero-order chi connectivity index (χ0) is 12.3. The van der Waals surface area contributed by atoms with Gasteiger partial charge in [-0.3, -0.25) is 0 Å². The van der Waals surface area contributed by atoms with Crippen molar-refractivity contribution in [2.75, 3.05) is 30.5 Å². The van der Waals surface area contributed by atoms with Gasteiger partial charge in [0.2, 0.25) is 0 Å². The summed E-state index contributed by atoms with van der Waals surface area (Å²) in [6.07, 6.45) is 4.67. The van der Waals surface area contributed by atoms with Crippen molar-refractivity contribution in [2.45, 2.75) is 30.8 Å². The summed E-state index contributed by atoms with van der Waals surface area (Å²) in [5, 5.41) is 4.56. The number of anilines is 2. The molecule has 2 rings (SSSR count). The highest BCUT2D eigenvalue weighted by atomic mass is 32.2. The second-order valence-electron chi connectivity index (χ2n) is 4.18. The third kappa shape index (κ3) is 2.86. The first kappa shape index (κ1) is 13.0. The van der Waals surface area contributed by atoms with E-state index in [0.29, 0.717) is 17.8 Å². The summed E-state index contributed by atoms with van der Waals surface area (Å²) in [5.74, 6) is 1.25. The van der Waals surface area contributed by atoms with Gasteiger partial charge < -0.3 is 15.8 Å². The summed E-state index contributed by atoms with van der Waals surface area (Å²) in [7, 11) is 0. The van der Waals surface area contributed by atoms with Crippen molar-refractivity contribution < 1.29 is 4.74 Å². The number of aromatic nitrogens is 1. The fourth-order valence-electron chi connectivity index (χ4n) is 2.21. The molecule has 0 aliphatic carbocycles. The first-order valence-electron chi connectivity index (χ1n) is 5.90. The minimum absolute atomic E-state index is 0.408. The van der Waals surface area contributed by atoms with Crippen molar-refractivity contribution in [3.63, 3.8) is 0 Å². The summed E-state index contributed by atoms with van der Waals surface area (Å²) in [6.45, 7) is 4.03. The second kappa shape index (κ2) is 5.93. The van der Waals surface area contributed by atoms with E-state index in [2.05, 4.69) is 16.6 Å². The van der Waals surface area contributed by atoms with Gasteiger partial charge in [-0.05, 0) is 30.6 Å². The van der Waals surface area contributed by atoms with E-state index in [0.717, 1.165) is 35.9 Å². The first-order valence-corrected chi connectivity index (χ1v) is 7.90. The lowest BCUT2D eigenvalue weighted by Gasteiger charge is -2.17. The molecule has 17 heavy (non-hydrogen) atoms. The summed E-state index contributed by atoms with van der Waals surface area (Å²) in [6, 6.07) is 0. The van der Waals surface area contributed by atoms with Gasteiger partial charge in [0.1, 0.15) is 5.00 Å². The lowest BCUT2D eigenvalue weighted by atomic mass is 10.00. The molecule has 0 radical (unpaired) electrons. The molecule has 0 bridgehead atoms. The van der Waals surface area contributed by atoms with Crippen LogP contribution in [0.3, 0.4) is 0 Å². The van der Waals surface area contributed by atoms with E-state index in [4.69, 9.17) is 10.5 Å². The van der Waals surface area contributed by atoms with Gasteiger partial charge >= 0.3 is 0 Å². The molecule has 2 heterocycles. The van der Waals surface area contributed by atoms with Crippen molar-refractivity contribution >= 4 is 34.1 Å². The van der Waals surface area contributed by atoms with E-state index >= 15 is 0 Å². The highest BCUT2D eigenvalue weighted by Gasteiger charge is 2.26. The molecule has 2 atom stereocenters. The Labute approximate surface area is 110 Å². The van der Waals surface area contributed by atoms with Crippen LogP contribution < -0.4 is 11.1 Å². The molecule has 1 saturated heterocycles. The predicted octanol–water partition coefficient (Wildman–Crippen LogP) is 2.67. The minimum Gasteiger partial charge on any atom is -0.382 e. The number of hydrogen-bond donors (Lipinski definition) is 2. The van der Waals surface area contributed by atoms with Crippen LogP contribution in [-0.2, 0) is 4.74 Å². The number of thioether (sulfide) groups is 1. The average molecular weight is 273 g/mol. The van der Waals surface area contributed by atoms with Gasteiger partial charge in [-0.25, -0.2) is 0 Å². The molecule has 1 aromatic rings. The molecule has 96 valence electrons. The lowest BCUT2D eigenvalue weighted by molar-refractivity contribution is 0.0900. The number of nitrogens with zero attached hydrogens (tertiary/aromatic N) is 1. The maximum absolute atomic E-state index is 5.80. The Balaban J connectivity index is 1.93. The minimum atomic E-state index is 0.408. The van der Waals surface area contributed by atoms with Crippen LogP contribution in [0, 0.1) is 5.92 Å². The van der Waals surface area contributed by atoms with Crippen LogP contribution in [0.4, 0.5) is 10.8 Å². The molecular formula is C11H19N3OS2. The van der Waals surface area contributed by atoms with Crippen LogP contribution >= 0.6 is 23.3 Å². The highest BCUT2D eigenvalue weighted by Crippen LogP contribution is 2.35. The maximum atomic E-state index is 5.80. The molecule has 0 saturated carbocycles. The summed E-state index contributed by atoms with van der Waals surface area (Å²) >= 11 is 3.09. The van der Waals surface area contributed by atoms with Crippen molar-refractivity contribution in [1.82, 2.24) is 4.37 Å². The van der Waals surface area contributed by atoms with Crippen LogP contribution in [-0.4, -0.2) is 29.9 Å². The Bertz CT molecular complexity index is 370. The number of nitrogens with two attached hydrogens (primary N) is 1. The summed E-state index contributed by atoms with van der Waals surface area (Å²) in [4.78, 5) is 1.07. The molecule has 0 spiro atoms. The molecule has 1 fully saturated rings. The van der Waals surface area contributed by atoms with E-state index in [9.17, 15) is 0 Å². The van der Waals surface area contributed by atoms with Crippen LogP contribution in [0.1, 0.15) is 19.8 Å². The smallest absolute Gasteiger partial charge is 0.153 e. The van der Waals surface area contributed by atoms with E-state index in [1.807, 2.05) is 6.26 Å². The maximum Gasteiger partial charge on any atom is 0.153 e. The van der Waals surface area contributed by atoms with Crippen LogP contribution in [0.2, 0.25) is 0 Å². The Hall–Kier alpha value is -0.460. The van der Waals surface area contributed by atoms with Crippen molar-refractivity contribution in [1.29, 1.82) is 0 Å². The van der Waals surface area contributed by atoms with Gasteiger partial charge in [-0.15, -0.1) is 11.8 Å². The number of nitrogens with one attached hydrogen (secondary N) is 1. The first-order chi connectivity index (χ1) is 8.26. The molecule has 4 nitrogen and oxygen atoms in total. The SMILES string of the molecule is CCC1OCCC1CNc1snc(N)c1SC. The number of ether oxygens (including phenoxy) is 1. The number of rotatable bonds is 5. The van der Waals surface area contributed by atoms with Gasteiger partial charge in [0.05, 0.1) is 11.0 Å². The summed E-state index contributed by atoms with van der Waals surface area (Å²) in [5.41, 5.74) is 5.80. The molecule has 1 aliphatic heterocycles. The number of nitrogen functional groups attached to an aromatic ring is 1. The van der Waals surface area contributed by atoms with Gasteiger partial charge in [0, 0.05) is 19.1 Å². The van der Waals surface area contributed by atoms with Crippen LogP contribution in [0.15, 0.2) is 4.90 Å². The molecular weight excluding hydrogens is 254 g/mol. The molecule has 0 amide bonds. The molecule has 0 aromatic carbocycles. The van der Waals surface area contributed by atoms with Crippen molar-refractivity contribution in [2.24, 2.45) is 5.92 Å². The quantitative estimate of drug-likeness (QED) is 0.808. The van der Waals surface area contributed by atoms with E-state index < -0.39 is 0 Å². The fourth-order valence-corrected chi connectivity index (χ4v) is 3.75. The molecule has 6 heteroatoms. The zero-order valence-electron chi connectivity index (χ0n) is 10.2. The largest absolute Gasteiger partial charge is 0.382 e. The van der Waals surface area contributed by atoms with E-state index in [1.165, 1.54) is 11.5 Å². The van der Waals surface area contributed by atoms with Gasteiger partial charge in [0.15, 0.2) is 5.82 Å². The van der Waals surface area contributed by atoms with Gasteiger partial charge in [0.25, 0.3) is 0 Å². The zero-order valence-corrected chi connectivity index (χ0v) is 11.9. The molecule has 2 unspecified atom stereocenters. The molecule has 3 N–H and O–H groups in total. The normalized spacial score (nSPS) is 24.1. The predicted molar refractivity (Wildman–Crippen MR) is 74.9 cm³/mol.